The molecule has 1 unspecified atom stereocenters. The van der Waals surface area contributed by atoms with Crippen molar-refractivity contribution in [2.75, 3.05) is 20.2 Å². The van der Waals surface area contributed by atoms with Gasteiger partial charge in [0.2, 0.25) is 0 Å². The minimum atomic E-state index is 0.318. The number of nitrogens with two attached hydrogens (primary N) is 1. The lowest BCUT2D eigenvalue weighted by Crippen LogP contribution is -2.41. The van der Waals surface area contributed by atoms with Gasteiger partial charge in [-0.05, 0) is 12.8 Å². The lowest BCUT2D eigenvalue weighted by atomic mass is 10.1. The van der Waals surface area contributed by atoms with E-state index in [1.165, 1.54) is 0 Å². The van der Waals surface area contributed by atoms with E-state index in [9.17, 15) is 0 Å². The number of hydrogen-bond acceptors (Lipinski definition) is 3. The van der Waals surface area contributed by atoms with E-state index >= 15 is 0 Å². The van der Waals surface area contributed by atoms with Gasteiger partial charge < -0.3 is 10.6 Å². The summed E-state index contributed by atoms with van der Waals surface area (Å²) in [5, 5.41) is 1.91. The summed E-state index contributed by atoms with van der Waals surface area (Å²) in [4.78, 5) is 5.01. The van der Waals surface area contributed by atoms with Crippen LogP contribution in [-0.2, 0) is 4.84 Å². The number of hydroxylamine groups is 2. The first kappa shape index (κ1) is 6.99. The fourth-order valence-electron chi connectivity index (χ4n) is 1.14. The Morgan fingerprint density at radius 1 is 1.67 bits per heavy atom. The van der Waals surface area contributed by atoms with E-state index in [0.29, 0.717) is 6.04 Å². The van der Waals surface area contributed by atoms with Crippen LogP contribution >= 0.6 is 0 Å². The second kappa shape index (κ2) is 3.15. The van der Waals surface area contributed by atoms with Crippen molar-refractivity contribution in [1.29, 1.82) is 0 Å². The molecule has 0 aliphatic carbocycles. The second-order valence-corrected chi connectivity index (χ2v) is 2.47. The molecule has 0 radical (unpaired) electrons. The third-order valence-electron chi connectivity index (χ3n) is 1.68. The lowest BCUT2D eigenvalue weighted by molar-refractivity contribution is -0.144. The van der Waals surface area contributed by atoms with E-state index in [2.05, 4.69) is 0 Å². The van der Waals surface area contributed by atoms with Gasteiger partial charge in [-0.15, -0.1) is 0 Å². The molecule has 0 saturated carbocycles. The van der Waals surface area contributed by atoms with Crippen LogP contribution < -0.4 is 5.73 Å². The molecule has 1 aliphatic rings. The third-order valence-corrected chi connectivity index (χ3v) is 1.68. The first-order valence-corrected chi connectivity index (χ1v) is 3.37. The van der Waals surface area contributed by atoms with Crippen molar-refractivity contribution in [1.82, 2.24) is 5.06 Å². The van der Waals surface area contributed by atoms with Crippen molar-refractivity contribution in [3.63, 3.8) is 0 Å². The third kappa shape index (κ3) is 1.93. The molecule has 1 aliphatic heterocycles. The predicted octanol–water partition coefficient (Wildman–Crippen LogP) is -0.0291. The highest BCUT2D eigenvalue weighted by molar-refractivity contribution is 4.69. The smallest absolute Gasteiger partial charge is 0.0575 e. The molecule has 0 aromatic heterocycles. The Labute approximate surface area is 55.7 Å². The monoisotopic (exact) mass is 130 g/mol. The van der Waals surface area contributed by atoms with Crippen LogP contribution in [-0.4, -0.2) is 31.3 Å². The van der Waals surface area contributed by atoms with E-state index in [-0.39, 0.29) is 0 Å². The van der Waals surface area contributed by atoms with Crippen LogP contribution in [0.2, 0.25) is 0 Å². The Balaban J connectivity index is 2.23. The summed E-state index contributed by atoms with van der Waals surface area (Å²) in [7, 11) is 1.69. The van der Waals surface area contributed by atoms with Crippen molar-refractivity contribution >= 4 is 0 Å². The maximum absolute atomic E-state index is 5.68. The van der Waals surface area contributed by atoms with E-state index in [0.717, 1.165) is 25.9 Å². The average Bonchev–Trinajstić information content (AvgIpc) is 1.88. The van der Waals surface area contributed by atoms with Gasteiger partial charge >= 0.3 is 0 Å². The molecule has 0 spiro atoms. The predicted molar refractivity (Wildman–Crippen MR) is 35.8 cm³/mol. The molecular formula is C6H14N2O. The molecule has 54 valence electrons. The van der Waals surface area contributed by atoms with Gasteiger partial charge in [0.25, 0.3) is 0 Å². The average molecular weight is 130 g/mol. The minimum Gasteiger partial charge on any atom is -0.326 e. The van der Waals surface area contributed by atoms with Gasteiger partial charge in [-0.3, -0.25) is 0 Å². The summed E-state index contributed by atoms with van der Waals surface area (Å²) < 4.78 is 0. The molecule has 0 aromatic carbocycles. The number of rotatable bonds is 1. The molecule has 3 nitrogen and oxygen atoms in total. The fraction of sp³-hybridized carbons (Fsp3) is 1.00. The summed E-state index contributed by atoms with van der Waals surface area (Å²) in [6.45, 7) is 1.92. The lowest BCUT2D eigenvalue weighted by Gasteiger charge is -2.28. The van der Waals surface area contributed by atoms with Gasteiger partial charge in [-0.25, -0.2) is 0 Å². The number of nitrogens with zero attached hydrogens (tertiary/aromatic N) is 1. The highest BCUT2D eigenvalue weighted by Gasteiger charge is 2.15. The zero-order valence-electron chi connectivity index (χ0n) is 5.84. The van der Waals surface area contributed by atoms with Crippen LogP contribution in [0.3, 0.4) is 0 Å². The van der Waals surface area contributed by atoms with E-state index in [1.54, 1.807) is 7.11 Å². The second-order valence-electron chi connectivity index (χ2n) is 2.47. The van der Waals surface area contributed by atoms with Crippen LogP contribution in [0.4, 0.5) is 0 Å². The van der Waals surface area contributed by atoms with Crippen LogP contribution in [0.25, 0.3) is 0 Å². The summed E-state index contributed by atoms with van der Waals surface area (Å²) in [6, 6.07) is 0.318. The molecule has 1 fully saturated rings. The number of piperidine rings is 1. The molecule has 1 atom stereocenters. The Morgan fingerprint density at radius 2 is 2.44 bits per heavy atom. The zero-order valence-corrected chi connectivity index (χ0v) is 5.84. The molecule has 1 heterocycles. The molecule has 0 aromatic rings. The van der Waals surface area contributed by atoms with Crippen molar-refractivity contribution in [3.8, 4) is 0 Å². The first-order chi connectivity index (χ1) is 4.33. The molecule has 0 amide bonds. The molecule has 2 N–H and O–H groups in total. The van der Waals surface area contributed by atoms with Crippen molar-refractivity contribution in [2.45, 2.75) is 18.9 Å². The molecule has 1 saturated heterocycles. The van der Waals surface area contributed by atoms with Gasteiger partial charge in [0.05, 0.1) is 7.11 Å². The van der Waals surface area contributed by atoms with Crippen LogP contribution in [0.5, 0.6) is 0 Å². The first-order valence-electron chi connectivity index (χ1n) is 3.37. The van der Waals surface area contributed by atoms with Crippen molar-refractivity contribution < 1.29 is 4.84 Å². The van der Waals surface area contributed by atoms with Gasteiger partial charge in [-0.2, -0.15) is 5.06 Å². The van der Waals surface area contributed by atoms with Crippen molar-refractivity contribution in [2.24, 2.45) is 5.73 Å². The topological polar surface area (TPSA) is 38.5 Å². The largest absolute Gasteiger partial charge is 0.326 e. The quantitative estimate of drug-likeness (QED) is 0.541. The van der Waals surface area contributed by atoms with Gasteiger partial charge in [0.15, 0.2) is 0 Å². The molecule has 9 heavy (non-hydrogen) atoms. The van der Waals surface area contributed by atoms with E-state index < -0.39 is 0 Å². The Kier molecular flexibility index (Phi) is 2.45. The summed E-state index contributed by atoms with van der Waals surface area (Å²) in [5.41, 5.74) is 5.68. The Hall–Kier alpha value is -0.120. The molecular weight excluding hydrogens is 116 g/mol. The van der Waals surface area contributed by atoms with E-state index in [1.807, 2.05) is 5.06 Å². The summed E-state index contributed by atoms with van der Waals surface area (Å²) >= 11 is 0. The standard InChI is InChI=1S/C6H14N2O/c1-9-8-4-2-3-6(7)5-8/h6H,2-5,7H2,1H3. The molecule has 3 heteroatoms. The maximum Gasteiger partial charge on any atom is 0.0575 e. The SMILES string of the molecule is CON1CCCC(N)C1. The van der Waals surface area contributed by atoms with Crippen LogP contribution in [0, 0.1) is 0 Å². The van der Waals surface area contributed by atoms with Crippen LogP contribution in [0.15, 0.2) is 0 Å². The van der Waals surface area contributed by atoms with Gasteiger partial charge in [0, 0.05) is 19.1 Å². The number of hydrogen-bond donors (Lipinski definition) is 1. The molecule has 0 bridgehead atoms. The van der Waals surface area contributed by atoms with Gasteiger partial charge in [0.1, 0.15) is 0 Å². The Morgan fingerprint density at radius 3 is 2.89 bits per heavy atom. The van der Waals surface area contributed by atoms with Crippen molar-refractivity contribution in [3.05, 3.63) is 0 Å². The van der Waals surface area contributed by atoms with E-state index in [4.69, 9.17) is 10.6 Å². The zero-order chi connectivity index (χ0) is 6.69. The summed E-state index contributed by atoms with van der Waals surface area (Å²) in [6.07, 6.45) is 2.30. The minimum absolute atomic E-state index is 0.318. The molecule has 1 rings (SSSR count). The Bertz CT molecular complexity index is 87.1. The van der Waals surface area contributed by atoms with Gasteiger partial charge in [-0.1, -0.05) is 0 Å². The fourth-order valence-corrected chi connectivity index (χ4v) is 1.14. The summed E-state index contributed by atoms with van der Waals surface area (Å²) in [5.74, 6) is 0. The van der Waals surface area contributed by atoms with Crippen LogP contribution in [0.1, 0.15) is 12.8 Å². The highest BCUT2D eigenvalue weighted by Crippen LogP contribution is 2.06. The maximum atomic E-state index is 5.68. The highest BCUT2D eigenvalue weighted by atomic mass is 16.7. The normalized spacial score (nSPS) is 30.7.